The molecule has 1 saturated heterocycles. The minimum atomic E-state index is -1.06. The second-order valence-electron chi connectivity index (χ2n) is 9.76. The van der Waals surface area contributed by atoms with E-state index in [1.54, 1.807) is 19.6 Å². The van der Waals surface area contributed by atoms with Gasteiger partial charge in [0.2, 0.25) is 5.91 Å². The van der Waals surface area contributed by atoms with Crippen molar-refractivity contribution in [2.24, 2.45) is 0 Å². The summed E-state index contributed by atoms with van der Waals surface area (Å²) in [6.07, 6.45) is 0. The fourth-order valence-electron chi connectivity index (χ4n) is 4.18. The average Bonchev–Trinajstić information content (AvgIpc) is 2.89. The highest BCUT2D eigenvalue weighted by atomic mass is 16.6. The first kappa shape index (κ1) is 34.0. The van der Waals surface area contributed by atoms with Crippen LogP contribution in [0.1, 0.15) is 0 Å². The Morgan fingerprint density at radius 2 is 1.10 bits per heavy atom. The van der Waals surface area contributed by atoms with Gasteiger partial charge in [-0.3, -0.25) is 48.9 Å². The largest absolute Gasteiger partial charge is 0.480 e. The molecule has 1 amide bonds. The van der Waals surface area contributed by atoms with Crippen LogP contribution >= 0.6 is 0 Å². The normalized spacial score (nSPS) is 16.5. The van der Waals surface area contributed by atoms with Crippen LogP contribution in [0.2, 0.25) is 0 Å². The lowest BCUT2D eigenvalue weighted by Crippen LogP contribution is -2.50. The van der Waals surface area contributed by atoms with Gasteiger partial charge in [-0.1, -0.05) is 0 Å². The molecule has 0 bridgehead atoms. The molecule has 1 aromatic rings. The summed E-state index contributed by atoms with van der Waals surface area (Å²) in [4.78, 5) is 77.4. The number of carbonyl (C=O) groups is 5. The molecule has 1 aliphatic heterocycles. The van der Waals surface area contributed by atoms with Crippen molar-refractivity contribution in [1.29, 1.82) is 0 Å². The number of nitro groups is 1. The summed E-state index contributed by atoms with van der Waals surface area (Å²) in [5.74, 6) is -4.30. The molecule has 0 aromatic heterocycles. The quantitative estimate of drug-likeness (QED) is 0.108. The molecule has 17 nitrogen and oxygen atoms in total. The van der Waals surface area contributed by atoms with E-state index in [0.29, 0.717) is 0 Å². The zero-order valence-corrected chi connectivity index (χ0v) is 23.3. The Morgan fingerprint density at radius 1 is 0.738 bits per heavy atom. The standard InChI is InChI=1S/C25H36N6O11/c1-26(18-25(39)42-20-4-2-19(3-5-20)31(40)41)21(32)14-27-6-8-28(15-22(33)34)10-12-30(17-24(37)38)13-11-29(9-7-27)16-23(35)36/h2-5H,6-18H2,1H3,(H,33,34)(H,35,36)(H,37,38). The Labute approximate surface area is 241 Å². The van der Waals surface area contributed by atoms with Gasteiger partial charge in [0.1, 0.15) is 12.3 Å². The highest BCUT2D eigenvalue weighted by Crippen LogP contribution is 2.17. The Bertz CT molecular complexity index is 1080. The molecule has 0 aliphatic carbocycles. The number of hydrogen-bond acceptors (Lipinski definition) is 12. The number of ether oxygens (including phenoxy) is 1. The molecule has 0 atom stereocenters. The van der Waals surface area contributed by atoms with E-state index >= 15 is 0 Å². The number of amides is 1. The number of benzene rings is 1. The van der Waals surface area contributed by atoms with Crippen molar-refractivity contribution in [1.82, 2.24) is 24.5 Å². The van der Waals surface area contributed by atoms with Gasteiger partial charge in [0.25, 0.3) is 5.69 Å². The number of non-ortho nitro benzene ring substituents is 1. The number of nitrogens with zero attached hydrogens (tertiary/aromatic N) is 6. The van der Waals surface area contributed by atoms with Crippen LogP contribution in [0.25, 0.3) is 0 Å². The van der Waals surface area contributed by atoms with Gasteiger partial charge in [0, 0.05) is 71.5 Å². The van der Waals surface area contributed by atoms with Crippen molar-refractivity contribution in [3.8, 4) is 5.75 Å². The van der Waals surface area contributed by atoms with Crippen LogP contribution in [-0.4, -0.2) is 167 Å². The Kier molecular flexibility index (Phi) is 13.7. The van der Waals surface area contributed by atoms with E-state index in [1.807, 2.05) is 0 Å². The molecule has 3 N–H and O–H groups in total. The third-order valence-corrected chi connectivity index (χ3v) is 6.44. The molecular formula is C25H36N6O11. The minimum Gasteiger partial charge on any atom is -0.480 e. The minimum absolute atomic E-state index is 0.0773. The summed E-state index contributed by atoms with van der Waals surface area (Å²) < 4.78 is 5.15. The van der Waals surface area contributed by atoms with Crippen LogP contribution in [0, 0.1) is 10.1 Å². The van der Waals surface area contributed by atoms with Crippen molar-refractivity contribution in [2.75, 3.05) is 92.1 Å². The number of carboxylic acid groups (broad SMARTS) is 3. The second kappa shape index (κ2) is 16.9. The van der Waals surface area contributed by atoms with Crippen LogP contribution in [-0.2, 0) is 24.0 Å². The molecule has 2 rings (SSSR count). The summed E-state index contributed by atoms with van der Waals surface area (Å²) in [6.45, 7) is 0.567. The number of likely N-dealkylation sites (N-methyl/N-ethyl adjacent to an activating group) is 1. The van der Waals surface area contributed by atoms with Crippen LogP contribution in [0.4, 0.5) is 5.69 Å². The molecule has 1 aliphatic rings. The first-order valence-corrected chi connectivity index (χ1v) is 13.1. The van der Waals surface area contributed by atoms with Gasteiger partial charge in [-0.2, -0.15) is 0 Å². The predicted molar refractivity (Wildman–Crippen MR) is 145 cm³/mol. The van der Waals surface area contributed by atoms with Crippen LogP contribution < -0.4 is 4.74 Å². The van der Waals surface area contributed by atoms with E-state index in [0.717, 1.165) is 4.90 Å². The zero-order valence-electron chi connectivity index (χ0n) is 23.3. The Morgan fingerprint density at radius 3 is 1.43 bits per heavy atom. The maximum Gasteiger partial charge on any atom is 0.331 e. The molecular weight excluding hydrogens is 560 g/mol. The maximum absolute atomic E-state index is 13.0. The fourth-order valence-corrected chi connectivity index (χ4v) is 4.18. The number of esters is 1. The monoisotopic (exact) mass is 596 g/mol. The Hall–Kier alpha value is -4.19. The topological polar surface area (TPSA) is 215 Å². The van der Waals surface area contributed by atoms with Gasteiger partial charge in [-0.05, 0) is 12.1 Å². The summed E-state index contributed by atoms with van der Waals surface area (Å²) in [7, 11) is 1.40. The predicted octanol–water partition coefficient (Wildman–Crippen LogP) is -1.57. The highest BCUT2D eigenvalue weighted by Gasteiger charge is 2.23. The van der Waals surface area contributed by atoms with Crippen molar-refractivity contribution in [3.63, 3.8) is 0 Å². The molecule has 0 spiro atoms. The number of aliphatic carboxylic acids is 3. The highest BCUT2D eigenvalue weighted by molar-refractivity contribution is 5.84. The van der Waals surface area contributed by atoms with E-state index in [1.165, 1.54) is 31.3 Å². The van der Waals surface area contributed by atoms with E-state index in [4.69, 9.17) is 4.74 Å². The van der Waals surface area contributed by atoms with Crippen molar-refractivity contribution < 1.29 is 49.0 Å². The van der Waals surface area contributed by atoms with Crippen LogP contribution in [0.3, 0.4) is 0 Å². The summed E-state index contributed by atoms with van der Waals surface area (Å²) >= 11 is 0. The van der Waals surface area contributed by atoms with Gasteiger partial charge >= 0.3 is 23.9 Å². The van der Waals surface area contributed by atoms with E-state index in [9.17, 15) is 49.4 Å². The molecule has 0 saturated carbocycles. The fraction of sp³-hybridized carbons (Fsp3) is 0.560. The van der Waals surface area contributed by atoms with Crippen LogP contribution in [0.5, 0.6) is 5.75 Å². The average molecular weight is 597 g/mol. The summed E-state index contributed by atoms with van der Waals surface area (Å²) in [5, 5.41) is 38.7. The molecule has 42 heavy (non-hydrogen) atoms. The van der Waals surface area contributed by atoms with Crippen molar-refractivity contribution >= 4 is 35.5 Å². The number of carboxylic acids is 3. The van der Waals surface area contributed by atoms with E-state index in [-0.39, 0.29) is 90.0 Å². The van der Waals surface area contributed by atoms with Gasteiger partial charge in [0.05, 0.1) is 31.1 Å². The molecule has 1 aromatic carbocycles. The smallest absolute Gasteiger partial charge is 0.331 e. The number of carbonyl (C=O) groups excluding carboxylic acids is 2. The number of nitro benzene ring substituents is 1. The molecule has 0 unspecified atom stereocenters. The lowest BCUT2D eigenvalue weighted by atomic mass is 10.3. The first-order chi connectivity index (χ1) is 19.8. The third-order valence-electron chi connectivity index (χ3n) is 6.44. The summed E-state index contributed by atoms with van der Waals surface area (Å²) in [6, 6.07) is 4.89. The van der Waals surface area contributed by atoms with E-state index < -0.39 is 41.3 Å². The van der Waals surface area contributed by atoms with Crippen molar-refractivity contribution in [2.45, 2.75) is 0 Å². The van der Waals surface area contributed by atoms with Gasteiger partial charge in [-0.25, -0.2) is 4.79 Å². The number of rotatable bonds is 12. The van der Waals surface area contributed by atoms with Gasteiger partial charge in [-0.15, -0.1) is 0 Å². The molecule has 1 fully saturated rings. The molecule has 1 heterocycles. The lowest BCUT2D eigenvalue weighted by molar-refractivity contribution is -0.384. The van der Waals surface area contributed by atoms with Gasteiger partial charge in [0.15, 0.2) is 0 Å². The van der Waals surface area contributed by atoms with E-state index in [2.05, 4.69) is 0 Å². The molecule has 232 valence electrons. The second-order valence-corrected chi connectivity index (χ2v) is 9.76. The molecule has 17 heteroatoms. The zero-order chi connectivity index (χ0) is 31.2. The van der Waals surface area contributed by atoms with Crippen LogP contribution in [0.15, 0.2) is 24.3 Å². The summed E-state index contributed by atoms with van der Waals surface area (Å²) in [5.41, 5.74) is -0.172. The SMILES string of the molecule is CN(CC(=O)Oc1ccc([N+](=O)[O-])cc1)C(=O)CN1CCN(CC(=O)O)CCN(CC(=O)O)CCN(CC(=O)O)CC1. The van der Waals surface area contributed by atoms with Gasteiger partial charge < -0.3 is 25.0 Å². The maximum atomic E-state index is 13.0. The third kappa shape index (κ3) is 13.0. The molecule has 0 radical (unpaired) electrons. The van der Waals surface area contributed by atoms with Crippen molar-refractivity contribution in [3.05, 3.63) is 34.4 Å². The number of hydrogen-bond donors (Lipinski definition) is 3. The first-order valence-electron chi connectivity index (χ1n) is 13.1. The lowest BCUT2D eigenvalue weighted by Gasteiger charge is -2.33. The Balaban J connectivity index is 2.06.